The van der Waals surface area contributed by atoms with Gasteiger partial charge in [0, 0.05) is 37.2 Å². The van der Waals surface area contributed by atoms with E-state index in [0.717, 1.165) is 49.1 Å². The Labute approximate surface area is 145 Å². The van der Waals surface area contributed by atoms with Crippen LogP contribution in [0.3, 0.4) is 0 Å². The van der Waals surface area contributed by atoms with E-state index in [0.29, 0.717) is 0 Å². The number of fused-ring (bicyclic) bond motifs is 1. The largest absolute Gasteiger partial charge is 0.337 e. The van der Waals surface area contributed by atoms with Crippen LogP contribution in [0, 0.1) is 0 Å². The molecule has 0 saturated carbocycles. The van der Waals surface area contributed by atoms with Crippen molar-refractivity contribution in [1.82, 2.24) is 29.9 Å². The van der Waals surface area contributed by atoms with E-state index in [1.807, 2.05) is 35.6 Å². The van der Waals surface area contributed by atoms with Gasteiger partial charge in [0.2, 0.25) is 0 Å². The minimum atomic E-state index is -0.0434. The van der Waals surface area contributed by atoms with Crippen LogP contribution < -0.4 is 5.32 Å². The Hall–Kier alpha value is -2.90. The van der Waals surface area contributed by atoms with Gasteiger partial charge in [-0.3, -0.25) is 0 Å². The van der Waals surface area contributed by atoms with Gasteiger partial charge in [-0.15, -0.1) is 0 Å². The minimum absolute atomic E-state index is 0.0434. The highest BCUT2D eigenvalue weighted by atomic mass is 16.2. The Balaban J connectivity index is 1.42. The summed E-state index contributed by atoms with van der Waals surface area (Å²) in [6.07, 6.45) is 9.77. The molecule has 1 fully saturated rings. The maximum atomic E-state index is 12.8. The Morgan fingerprint density at radius 2 is 2.20 bits per heavy atom. The summed E-state index contributed by atoms with van der Waals surface area (Å²) in [7, 11) is 0. The van der Waals surface area contributed by atoms with Crippen LogP contribution in [0.25, 0.3) is 11.0 Å². The summed E-state index contributed by atoms with van der Waals surface area (Å²) in [5.41, 5.74) is 2.27. The van der Waals surface area contributed by atoms with Crippen LogP contribution in [0.2, 0.25) is 0 Å². The summed E-state index contributed by atoms with van der Waals surface area (Å²) in [4.78, 5) is 18.8. The average molecular weight is 339 g/mol. The number of imidazole rings is 1. The molecule has 0 aliphatic carbocycles. The quantitative estimate of drug-likeness (QED) is 0.764. The van der Waals surface area contributed by atoms with E-state index < -0.39 is 0 Å². The second-order valence-electron chi connectivity index (χ2n) is 6.39. The Bertz CT molecular complexity index is 842. The molecule has 3 heterocycles. The molecule has 0 spiro atoms. The van der Waals surface area contributed by atoms with Crippen molar-refractivity contribution < 1.29 is 4.79 Å². The van der Waals surface area contributed by atoms with Crippen molar-refractivity contribution in [2.24, 2.45) is 0 Å². The number of nitrogens with zero attached hydrogens (tertiary/aromatic N) is 5. The van der Waals surface area contributed by atoms with Crippen LogP contribution >= 0.6 is 0 Å². The number of aryl methyl sites for hydroxylation is 1. The van der Waals surface area contributed by atoms with Crippen LogP contribution in [0.5, 0.6) is 0 Å². The molecule has 2 aromatic heterocycles. The van der Waals surface area contributed by atoms with Gasteiger partial charge >= 0.3 is 6.03 Å². The number of anilines is 1. The number of aromatic nitrogens is 5. The van der Waals surface area contributed by atoms with Crippen molar-refractivity contribution in [3.63, 3.8) is 0 Å². The highest BCUT2D eigenvalue weighted by Crippen LogP contribution is 2.22. The normalized spacial score (nSPS) is 17.8. The monoisotopic (exact) mass is 339 g/mol. The number of carbonyl (C=O) groups excluding carboxylic acids is 1. The molecule has 1 unspecified atom stereocenters. The smallest absolute Gasteiger partial charge is 0.322 e. The average Bonchev–Trinajstić information content (AvgIpc) is 3.31. The van der Waals surface area contributed by atoms with Gasteiger partial charge in [0.1, 0.15) is 11.0 Å². The summed E-state index contributed by atoms with van der Waals surface area (Å²) >= 11 is 0. The lowest BCUT2D eigenvalue weighted by Gasteiger charge is -2.35. The number of likely N-dealkylation sites (tertiary alicyclic amines) is 1. The number of carbonyl (C=O) groups is 1. The maximum absolute atomic E-state index is 12.8. The number of hydrogen-bond acceptors (Lipinski definition) is 4. The van der Waals surface area contributed by atoms with Gasteiger partial charge in [-0.25, -0.2) is 9.78 Å². The minimum Gasteiger partial charge on any atom is -0.337 e. The third kappa shape index (κ3) is 3.47. The first-order chi connectivity index (χ1) is 12.3. The zero-order valence-electron chi connectivity index (χ0n) is 13.9. The molecule has 1 saturated heterocycles. The van der Waals surface area contributed by atoms with E-state index in [9.17, 15) is 4.79 Å². The Kier molecular flexibility index (Phi) is 4.32. The molecule has 1 aliphatic heterocycles. The highest BCUT2D eigenvalue weighted by molar-refractivity contribution is 5.92. The maximum Gasteiger partial charge on any atom is 0.322 e. The number of piperidine rings is 1. The zero-order valence-corrected chi connectivity index (χ0v) is 13.9. The number of nitrogens with one attached hydrogen (secondary N) is 2. The number of aromatic amines is 1. The molecule has 130 valence electrons. The first kappa shape index (κ1) is 15.6. The summed E-state index contributed by atoms with van der Waals surface area (Å²) in [6, 6.07) is 5.75. The van der Waals surface area contributed by atoms with Crippen molar-refractivity contribution in [1.29, 1.82) is 0 Å². The molecule has 0 bridgehead atoms. The van der Waals surface area contributed by atoms with E-state index in [4.69, 9.17) is 0 Å². The number of amides is 2. The standard InChI is InChI=1S/C17H21N7O/c25-17(19-13-4-5-15-16(11-13)21-22-20-15)24-8-2-1-3-14(24)6-9-23-10-7-18-12-23/h4-5,7,10-12,14H,1-3,6,8-9H2,(H,19,25)(H,20,21,22). The molecule has 2 N–H and O–H groups in total. The third-order valence-corrected chi connectivity index (χ3v) is 4.74. The van der Waals surface area contributed by atoms with E-state index in [1.165, 1.54) is 6.42 Å². The Morgan fingerprint density at radius 1 is 1.28 bits per heavy atom. The van der Waals surface area contributed by atoms with Crippen molar-refractivity contribution in [3.05, 3.63) is 36.9 Å². The lowest BCUT2D eigenvalue weighted by atomic mass is 9.99. The molecule has 8 heteroatoms. The summed E-state index contributed by atoms with van der Waals surface area (Å²) < 4.78 is 2.06. The van der Waals surface area contributed by atoms with Crippen molar-refractivity contribution >= 4 is 22.8 Å². The number of benzene rings is 1. The molecule has 1 aromatic carbocycles. The van der Waals surface area contributed by atoms with Crippen molar-refractivity contribution in [2.45, 2.75) is 38.3 Å². The highest BCUT2D eigenvalue weighted by Gasteiger charge is 2.26. The SMILES string of the molecule is O=C(Nc1ccc2n[nH]nc2c1)N1CCCCC1CCn1ccnc1. The molecule has 1 aliphatic rings. The molecule has 0 radical (unpaired) electrons. The zero-order chi connectivity index (χ0) is 17.1. The lowest BCUT2D eigenvalue weighted by molar-refractivity contribution is 0.155. The van der Waals surface area contributed by atoms with E-state index in [2.05, 4.69) is 30.3 Å². The van der Waals surface area contributed by atoms with Gasteiger partial charge in [-0.1, -0.05) is 0 Å². The topological polar surface area (TPSA) is 91.7 Å². The molecular formula is C17H21N7O. The Morgan fingerprint density at radius 3 is 3.08 bits per heavy atom. The van der Waals surface area contributed by atoms with Crippen LogP contribution in [-0.2, 0) is 6.54 Å². The predicted octanol–water partition coefficient (Wildman–Crippen LogP) is 2.63. The number of urea groups is 1. The van der Waals surface area contributed by atoms with Crippen LogP contribution in [0.1, 0.15) is 25.7 Å². The van der Waals surface area contributed by atoms with Gasteiger partial charge in [0.05, 0.1) is 6.33 Å². The number of hydrogen-bond donors (Lipinski definition) is 2. The first-order valence-electron chi connectivity index (χ1n) is 8.63. The van der Waals surface area contributed by atoms with Crippen LogP contribution in [0.15, 0.2) is 36.9 Å². The molecular weight excluding hydrogens is 318 g/mol. The van der Waals surface area contributed by atoms with Gasteiger partial charge in [-0.05, 0) is 43.9 Å². The number of H-pyrrole nitrogens is 1. The van der Waals surface area contributed by atoms with E-state index >= 15 is 0 Å². The second kappa shape index (κ2) is 6.92. The van der Waals surface area contributed by atoms with Crippen LogP contribution in [0.4, 0.5) is 10.5 Å². The molecule has 1 atom stereocenters. The van der Waals surface area contributed by atoms with E-state index in [-0.39, 0.29) is 12.1 Å². The fourth-order valence-corrected chi connectivity index (χ4v) is 3.40. The third-order valence-electron chi connectivity index (χ3n) is 4.74. The predicted molar refractivity (Wildman–Crippen MR) is 94.1 cm³/mol. The summed E-state index contributed by atoms with van der Waals surface area (Å²) in [6.45, 7) is 1.67. The first-order valence-corrected chi connectivity index (χ1v) is 8.63. The molecule has 8 nitrogen and oxygen atoms in total. The van der Waals surface area contributed by atoms with Crippen molar-refractivity contribution in [2.75, 3.05) is 11.9 Å². The van der Waals surface area contributed by atoms with Gasteiger partial charge in [0.25, 0.3) is 0 Å². The summed E-state index contributed by atoms with van der Waals surface area (Å²) in [5, 5.41) is 13.7. The molecule has 3 aromatic rings. The lowest BCUT2D eigenvalue weighted by Crippen LogP contribution is -2.46. The molecule has 4 rings (SSSR count). The van der Waals surface area contributed by atoms with Gasteiger partial charge < -0.3 is 14.8 Å². The second-order valence-corrected chi connectivity index (χ2v) is 6.39. The summed E-state index contributed by atoms with van der Waals surface area (Å²) in [5.74, 6) is 0. The molecule has 25 heavy (non-hydrogen) atoms. The molecule has 2 amide bonds. The number of rotatable bonds is 4. The van der Waals surface area contributed by atoms with Crippen molar-refractivity contribution in [3.8, 4) is 0 Å². The van der Waals surface area contributed by atoms with Gasteiger partial charge in [-0.2, -0.15) is 15.4 Å². The fraction of sp³-hybridized carbons (Fsp3) is 0.412. The fourth-order valence-electron chi connectivity index (χ4n) is 3.40. The van der Waals surface area contributed by atoms with Crippen LogP contribution in [-0.4, -0.2) is 48.5 Å². The van der Waals surface area contributed by atoms with Gasteiger partial charge in [0.15, 0.2) is 0 Å². The van der Waals surface area contributed by atoms with E-state index in [1.54, 1.807) is 6.20 Å².